The molecule has 5 rings (SSSR count). The van der Waals surface area contributed by atoms with Crippen molar-refractivity contribution in [1.82, 2.24) is 29.6 Å². The Morgan fingerprint density at radius 1 is 1.21 bits per heavy atom. The fourth-order valence-electron chi connectivity index (χ4n) is 4.66. The molecule has 3 aromatic heterocycles. The monoisotopic (exact) mass is 457 g/mol. The maximum atomic E-state index is 13.7. The summed E-state index contributed by atoms with van der Waals surface area (Å²) >= 11 is 0. The molecule has 8 nitrogen and oxygen atoms in total. The van der Waals surface area contributed by atoms with Gasteiger partial charge in [0.05, 0.1) is 24.1 Å². The van der Waals surface area contributed by atoms with Gasteiger partial charge >= 0.3 is 6.18 Å². The van der Waals surface area contributed by atoms with Crippen LogP contribution in [0.15, 0.2) is 43.0 Å². The number of aromatic nitrogens is 5. The van der Waals surface area contributed by atoms with E-state index in [9.17, 15) is 18.0 Å². The number of anilines is 1. The molecule has 0 radical (unpaired) electrons. The summed E-state index contributed by atoms with van der Waals surface area (Å²) in [5.41, 5.74) is 0.627. The van der Waals surface area contributed by atoms with Gasteiger partial charge in [-0.25, -0.2) is 19.6 Å². The normalized spacial score (nSPS) is 22.1. The maximum absolute atomic E-state index is 13.7. The zero-order valence-corrected chi connectivity index (χ0v) is 17.8. The number of alkyl halides is 3. The highest BCUT2D eigenvalue weighted by molar-refractivity contribution is 5.96. The molecular weight excluding hydrogens is 435 g/mol. The Kier molecular flexibility index (Phi) is 5.26. The van der Waals surface area contributed by atoms with Gasteiger partial charge in [-0.2, -0.15) is 18.3 Å². The van der Waals surface area contributed by atoms with Gasteiger partial charge < -0.3 is 10.2 Å². The average Bonchev–Trinajstić information content (AvgIpc) is 3.38. The predicted octanol–water partition coefficient (Wildman–Crippen LogP) is 3.35. The third-order valence-corrected chi connectivity index (χ3v) is 6.46. The minimum atomic E-state index is -4.54. The van der Waals surface area contributed by atoms with Crippen LogP contribution in [-0.4, -0.2) is 54.7 Å². The SMILES string of the molecule is Cc1ccc(-n2cccn2)c(C(=O)N2CC3CC[C@@H]3[C@H]2CNc2cnc(C(F)(F)F)cn2)n1. The van der Waals surface area contributed by atoms with Crippen LogP contribution in [0.1, 0.15) is 34.7 Å². The number of halogens is 3. The quantitative estimate of drug-likeness (QED) is 0.632. The minimum Gasteiger partial charge on any atom is -0.367 e. The van der Waals surface area contributed by atoms with Crippen molar-refractivity contribution in [3.8, 4) is 5.69 Å². The molecule has 1 aliphatic carbocycles. The second-order valence-corrected chi connectivity index (χ2v) is 8.46. The molecule has 0 bridgehead atoms. The second-order valence-electron chi connectivity index (χ2n) is 8.46. The number of aryl methyl sites for hydroxylation is 1. The standard InChI is InChI=1S/C22H22F3N7O/c1-13-3-6-16(32-8-2-7-29-32)20(30-13)21(33)31-12-14-4-5-15(14)17(31)9-27-19-11-26-18(10-28-19)22(23,24)25/h2-3,6-8,10-11,14-15,17H,4-5,9,12H2,1H3,(H,27,28)/t14?,15-,17+/m0/s1. The van der Waals surface area contributed by atoms with Crippen LogP contribution in [0.2, 0.25) is 0 Å². The molecule has 1 aliphatic heterocycles. The number of amides is 1. The summed E-state index contributed by atoms with van der Waals surface area (Å²) in [5, 5.41) is 7.31. The molecular formula is C22H22F3N7O. The Bertz CT molecular complexity index is 1150. The number of nitrogens with one attached hydrogen (secondary N) is 1. The number of carbonyl (C=O) groups is 1. The van der Waals surface area contributed by atoms with Crippen molar-refractivity contribution in [2.45, 2.75) is 32.0 Å². The lowest BCUT2D eigenvalue weighted by Crippen LogP contribution is -2.43. The lowest BCUT2D eigenvalue weighted by atomic mass is 9.73. The number of likely N-dealkylation sites (tertiary alicyclic amines) is 1. The zero-order valence-electron chi connectivity index (χ0n) is 17.8. The highest BCUT2D eigenvalue weighted by Gasteiger charge is 2.49. The third kappa shape index (κ3) is 4.03. The van der Waals surface area contributed by atoms with E-state index in [4.69, 9.17) is 0 Å². The fraction of sp³-hybridized carbons (Fsp3) is 0.409. The van der Waals surface area contributed by atoms with Crippen LogP contribution in [0.3, 0.4) is 0 Å². The van der Waals surface area contributed by atoms with Crippen molar-refractivity contribution in [2.24, 2.45) is 11.8 Å². The maximum Gasteiger partial charge on any atom is 0.434 e. The Morgan fingerprint density at radius 2 is 2.06 bits per heavy atom. The highest BCUT2D eigenvalue weighted by Crippen LogP contribution is 2.45. The largest absolute Gasteiger partial charge is 0.434 e. The lowest BCUT2D eigenvalue weighted by molar-refractivity contribution is -0.141. The molecule has 2 fully saturated rings. The number of hydrogen-bond donors (Lipinski definition) is 1. The zero-order chi connectivity index (χ0) is 23.2. The van der Waals surface area contributed by atoms with Crippen LogP contribution in [0.25, 0.3) is 5.69 Å². The van der Waals surface area contributed by atoms with E-state index in [1.54, 1.807) is 23.1 Å². The molecule has 2 aliphatic rings. The number of nitrogens with zero attached hydrogens (tertiary/aromatic N) is 6. The van der Waals surface area contributed by atoms with Crippen LogP contribution in [0, 0.1) is 18.8 Å². The molecule has 0 spiro atoms. The van der Waals surface area contributed by atoms with Crippen molar-refractivity contribution in [3.05, 3.63) is 60.1 Å². The Balaban J connectivity index is 1.37. The summed E-state index contributed by atoms with van der Waals surface area (Å²) in [6.07, 6.45) is 2.71. The summed E-state index contributed by atoms with van der Waals surface area (Å²) < 4.78 is 39.8. The van der Waals surface area contributed by atoms with Crippen molar-refractivity contribution >= 4 is 11.7 Å². The summed E-state index contributed by atoms with van der Waals surface area (Å²) in [4.78, 5) is 27.3. The van der Waals surface area contributed by atoms with Crippen molar-refractivity contribution in [2.75, 3.05) is 18.4 Å². The van der Waals surface area contributed by atoms with E-state index in [2.05, 4.69) is 25.4 Å². The first-order valence-corrected chi connectivity index (χ1v) is 10.7. The first-order valence-electron chi connectivity index (χ1n) is 10.7. The number of rotatable bonds is 5. The van der Waals surface area contributed by atoms with Gasteiger partial charge in [0, 0.05) is 31.2 Å². The molecule has 11 heteroatoms. The van der Waals surface area contributed by atoms with Crippen LogP contribution < -0.4 is 5.32 Å². The number of carbonyl (C=O) groups excluding carboxylic acids is 1. The molecule has 4 heterocycles. The molecule has 33 heavy (non-hydrogen) atoms. The smallest absolute Gasteiger partial charge is 0.367 e. The summed E-state index contributed by atoms with van der Waals surface area (Å²) in [7, 11) is 0. The van der Waals surface area contributed by atoms with Crippen LogP contribution in [0.4, 0.5) is 19.0 Å². The highest BCUT2D eigenvalue weighted by atomic mass is 19.4. The van der Waals surface area contributed by atoms with Gasteiger partial charge in [-0.15, -0.1) is 0 Å². The molecule has 0 aromatic carbocycles. The first-order chi connectivity index (χ1) is 15.8. The third-order valence-electron chi connectivity index (χ3n) is 6.46. The molecule has 1 unspecified atom stereocenters. The molecule has 1 saturated carbocycles. The Hall–Kier alpha value is -3.50. The van der Waals surface area contributed by atoms with Gasteiger partial charge in [-0.1, -0.05) is 0 Å². The van der Waals surface area contributed by atoms with Crippen LogP contribution in [0.5, 0.6) is 0 Å². The first kappa shape index (κ1) is 21.4. The minimum absolute atomic E-state index is 0.117. The topological polar surface area (TPSA) is 88.8 Å². The number of hydrogen-bond acceptors (Lipinski definition) is 6. The van der Waals surface area contributed by atoms with Crippen LogP contribution >= 0.6 is 0 Å². The average molecular weight is 457 g/mol. The van der Waals surface area contributed by atoms with Crippen molar-refractivity contribution in [3.63, 3.8) is 0 Å². The molecule has 1 saturated heterocycles. The molecule has 172 valence electrons. The molecule has 1 amide bonds. The fourth-order valence-corrected chi connectivity index (χ4v) is 4.66. The second kappa shape index (κ2) is 8.13. The van der Waals surface area contributed by atoms with E-state index in [1.165, 1.54) is 0 Å². The van der Waals surface area contributed by atoms with Gasteiger partial charge in [-0.05, 0) is 49.8 Å². The number of pyridine rings is 1. The van der Waals surface area contributed by atoms with E-state index >= 15 is 0 Å². The molecule has 3 atom stereocenters. The summed E-state index contributed by atoms with van der Waals surface area (Å²) in [6.45, 7) is 2.83. The van der Waals surface area contributed by atoms with Crippen molar-refractivity contribution in [1.29, 1.82) is 0 Å². The van der Waals surface area contributed by atoms with Gasteiger partial charge in [0.1, 0.15) is 5.82 Å². The molecule has 3 aromatic rings. The van der Waals surface area contributed by atoms with Crippen LogP contribution in [-0.2, 0) is 6.18 Å². The van der Waals surface area contributed by atoms with Gasteiger partial charge in [0.2, 0.25) is 0 Å². The predicted molar refractivity (Wildman–Crippen MR) is 113 cm³/mol. The van der Waals surface area contributed by atoms with E-state index < -0.39 is 11.9 Å². The van der Waals surface area contributed by atoms with E-state index in [-0.39, 0.29) is 17.8 Å². The van der Waals surface area contributed by atoms with Gasteiger partial charge in [0.15, 0.2) is 11.4 Å². The van der Waals surface area contributed by atoms with Gasteiger partial charge in [0.25, 0.3) is 5.91 Å². The summed E-state index contributed by atoms with van der Waals surface area (Å²) in [5.74, 6) is 0.812. The van der Waals surface area contributed by atoms with Gasteiger partial charge in [-0.3, -0.25) is 4.79 Å². The Labute approximate surface area is 187 Å². The Morgan fingerprint density at radius 3 is 2.70 bits per heavy atom. The van der Waals surface area contributed by atoms with E-state index in [0.717, 1.165) is 24.7 Å². The van der Waals surface area contributed by atoms with E-state index in [0.29, 0.717) is 42.5 Å². The van der Waals surface area contributed by atoms with E-state index in [1.807, 2.05) is 24.0 Å². The van der Waals surface area contributed by atoms with Crippen molar-refractivity contribution < 1.29 is 18.0 Å². The lowest BCUT2D eigenvalue weighted by Gasteiger charge is -2.34. The summed E-state index contributed by atoms with van der Waals surface area (Å²) in [6, 6.07) is 5.33. The number of fused-ring (bicyclic) bond motifs is 1. The molecule has 1 N–H and O–H groups in total.